The van der Waals surface area contributed by atoms with Crippen molar-refractivity contribution in [1.29, 1.82) is 0 Å². The number of ether oxygens (including phenoxy) is 1. The topological polar surface area (TPSA) is 79.7 Å². The lowest BCUT2D eigenvalue weighted by Crippen LogP contribution is -2.38. The lowest BCUT2D eigenvalue weighted by Gasteiger charge is -2.22. The number of aliphatic hydroxyl groups excluding tert-OH is 1. The first-order chi connectivity index (χ1) is 10.6. The van der Waals surface area contributed by atoms with Crippen LogP contribution in [0.4, 0.5) is 0 Å². The fraction of sp³-hybridized carbons (Fsp3) is 0.400. The Bertz CT molecular complexity index is 773. The van der Waals surface area contributed by atoms with Gasteiger partial charge in [-0.15, -0.1) is 0 Å². The van der Waals surface area contributed by atoms with Crippen molar-refractivity contribution in [3.8, 4) is 0 Å². The number of aliphatic hydroxyl groups is 1. The standard InChI is InChI=1S/C15H18N2O4S/c1-21-12-8-11(10-18)17(9-12)22(19,20)15-6-2-5-14-13(15)4-3-7-16-14/h2-7,11-12,18H,8-10H2,1H3/t11-,12+/m0/s1. The molecule has 2 heterocycles. The molecule has 0 unspecified atom stereocenters. The fourth-order valence-electron chi connectivity index (χ4n) is 2.90. The number of pyridine rings is 1. The molecule has 1 aromatic heterocycles. The van der Waals surface area contributed by atoms with Crippen LogP contribution >= 0.6 is 0 Å². The summed E-state index contributed by atoms with van der Waals surface area (Å²) in [5.41, 5.74) is 0.631. The maximum atomic E-state index is 13.0. The van der Waals surface area contributed by atoms with E-state index in [1.807, 2.05) is 0 Å². The number of fused-ring (bicyclic) bond motifs is 1. The molecule has 7 heteroatoms. The predicted molar refractivity (Wildman–Crippen MR) is 81.9 cm³/mol. The molecule has 1 saturated heterocycles. The average molecular weight is 322 g/mol. The van der Waals surface area contributed by atoms with E-state index in [2.05, 4.69) is 4.98 Å². The van der Waals surface area contributed by atoms with E-state index in [1.165, 1.54) is 4.31 Å². The minimum atomic E-state index is -3.72. The van der Waals surface area contributed by atoms with Gasteiger partial charge < -0.3 is 9.84 Å². The van der Waals surface area contributed by atoms with E-state index in [9.17, 15) is 13.5 Å². The van der Waals surface area contributed by atoms with Gasteiger partial charge in [-0.1, -0.05) is 6.07 Å². The van der Waals surface area contributed by atoms with Crippen LogP contribution in [0, 0.1) is 0 Å². The molecular formula is C15H18N2O4S. The summed E-state index contributed by atoms with van der Waals surface area (Å²) in [5, 5.41) is 10.1. The number of sulfonamides is 1. The van der Waals surface area contributed by atoms with Crippen LogP contribution in [-0.2, 0) is 14.8 Å². The van der Waals surface area contributed by atoms with Gasteiger partial charge in [-0.25, -0.2) is 8.42 Å². The monoisotopic (exact) mass is 322 g/mol. The first kappa shape index (κ1) is 15.4. The summed E-state index contributed by atoms with van der Waals surface area (Å²) in [5.74, 6) is 0. The average Bonchev–Trinajstić information content (AvgIpc) is 2.98. The molecular weight excluding hydrogens is 304 g/mol. The van der Waals surface area contributed by atoms with Gasteiger partial charge >= 0.3 is 0 Å². The van der Waals surface area contributed by atoms with Gasteiger partial charge in [-0.3, -0.25) is 4.98 Å². The summed E-state index contributed by atoms with van der Waals surface area (Å²) in [7, 11) is -2.16. The van der Waals surface area contributed by atoms with Gasteiger partial charge in [0.05, 0.1) is 29.2 Å². The molecule has 1 N–H and O–H groups in total. The van der Waals surface area contributed by atoms with Crippen molar-refractivity contribution < 1.29 is 18.3 Å². The van der Waals surface area contributed by atoms with Gasteiger partial charge in [0.1, 0.15) is 0 Å². The van der Waals surface area contributed by atoms with Crippen molar-refractivity contribution in [3.05, 3.63) is 36.5 Å². The van der Waals surface area contributed by atoms with Crippen LogP contribution in [0.1, 0.15) is 6.42 Å². The zero-order valence-electron chi connectivity index (χ0n) is 12.2. The quantitative estimate of drug-likeness (QED) is 0.908. The third-order valence-corrected chi connectivity index (χ3v) is 6.04. The van der Waals surface area contributed by atoms with E-state index < -0.39 is 16.1 Å². The molecule has 0 amide bonds. The molecule has 0 radical (unpaired) electrons. The van der Waals surface area contributed by atoms with E-state index in [-0.39, 0.29) is 24.2 Å². The molecule has 0 spiro atoms. The number of aromatic nitrogens is 1. The minimum absolute atomic E-state index is 0.194. The Hall–Kier alpha value is -1.54. The Morgan fingerprint density at radius 3 is 2.91 bits per heavy atom. The maximum absolute atomic E-state index is 13.0. The second kappa shape index (κ2) is 5.92. The van der Waals surface area contributed by atoms with Crippen LogP contribution < -0.4 is 0 Å². The predicted octanol–water partition coefficient (Wildman–Crippen LogP) is 1.01. The summed E-state index contributed by atoms with van der Waals surface area (Å²) in [4.78, 5) is 4.41. The summed E-state index contributed by atoms with van der Waals surface area (Å²) in [6.07, 6.45) is 1.93. The summed E-state index contributed by atoms with van der Waals surface area (Å²) in [6, 6.07) is 8.04. The molecule has 3 rings (SSSR count). The number of methoxy groups -OCH3 is 1. The highest BCUT2D eigenvalue weighted by Gasteiger charge is 2.40. The maximum Gasteiger partial charge on any atom is 0.244 e. The minimum Gasteiger partial charge on any atom is -0.395 e. The molecule has 6 nitrogen and oxygen atoms in total. The van der Waals surface area contributed by atoms with Crippen molar-refractivity contribution >= 4 is 20.9 Å². The van der Waals surface area contributed by atoms with E-state index in [0.717, 1.165) is 0 Å². The number of rotatable bonds is 4. The molecule has 1 fully saturated rings. The Labute approximate surface area is 129 Å². The van der Waals surface area contributed by atoms with Crippen LogP contribution in [0.25, 0.3) is 10.9 Å². The number of benzene rings is 1. The zero-order chi connectivity index (χ0) is 15.7. The van der Waals surface area contributed by atoms with Gasteiger partial charge in [0.15, 0.2) is 0 Å². The van der Waals surface area contributed by atoms with Gasteiger partial charge in [0.25, 0.3) is 0 Å². The largest absolute Gasteiger partial charge is 0.395 e. The summed E-state index contributed by atoms with van der Waals surface area (Å²) >= 11 is 0. The number of nitrogens with zero attached hydrogens (tertiary/aromatic N) is 2. The van der Waals surface area contributed by atoms with Crippen molar-refractivity contribution in [2.75, 3.05) is 20.3 Å². The van der Waals surface area contributed by atoms with Crippen LogP contribution in [-0.4, -0.2) is 55.2 Å². The van der Waals surface area contributed by atoms with Gasteiger partial charge in [0, 0.05) is 25.2 Å². The fourth-order valence-corrected chi connectivity index (χ4v) is 4.76. The van der Waals surface area contributed by atoms with Crippen LogP contribution in [0.3, 0.4) is 0 Å². The molecule has 0 bridgehead atoms. The lowest BCUT2D eigenvalue weighted by molar-refractivity contribution is 0.113. The molecule has 2 aromatic rings. The van der Waals surface area contributed by atoms with E-state index >= 15 is 0 Å². The van der Waals surface area contributed by atoms with Crippen LogP contribution in [0.2, 0.25) is 0 Å². The lowest BCUT2D eigenvalue weighted by atomic mass is 10.2. The second-order valence-corrected chi connectivity index (χ2v) is 7.19. The van der Waals surface area contributed by atoms with Crippen molar-refractivity contribution in [3.63, 3.8) is 0 Å². The first-order valence-electron chi connectivity index (χ1n) is 7.07. The Balaban J connectivity index is 2.09. The van der Waals surface area contributed by atoms with Crippen LogP contribution in [0.15, 0.2) is 41.4 Å². The SMILES string of the molecule is CO[C@@H]1C[C@@H](CO)N(S(=O)(=O)c2cccc3ncccc23)C1. The van der Waals surface area contributed by atoms with Crippen LogP contribution in [0.5, 0.6) is 0 Å². The molecule has 22 heavy (non-hydrogen) atoms. The highest BCUT2D eigenvalue weighted by molar-refractivity contribution is 7.89. The van der Waals surface area contributed by atoms with Crippen molar-refractivity contribution in [2.45, 2.75) is 23.5 Å². The van der Waals surface area contributed by atoms with E-state index in [4.69, 9.17) is 4.74 Å². The molecule has 0 aliphatic carbocycles. The normalized spacial score (nSPS) is 23.2. The third-order valence-electron chi connectivity index (χ3n) is 4.06. The van der Waals surface area contributed by atoms with Crippen molar-refractivity contribution in [1.82, 2.24) is 9.29 Å². The first-order valence-corrected chi connectivity index (χ1v) is 8.51. The van der Waals surface area contributed by atoms with Gasteiger partial charge in [-0.05, 0) is 30.7 Å². The number of hydrogen-bond acceptors (Lipinski definition) is 5. The summed E-state index contributed by atoms with van der Waals surface area (Å²) in [6.45, 7) is 0.0306. The Kier molecular flexibility index (Phi) is 4.14. The van der Waals surface area contributed by atoms with E-state index in [0.29, 0.717) is 17.3 Å². The van der Waals surface area contributed by atoms with Gasteiger partial charge in [0.2, 0.25) is 10.0 Å². The smallest absolute Gasteiger partial charge is 0.244 e. The van der Waals surface area contributed by atoms with Gasteiger partial charge in [-0.2, -0.15) is 4.31 Å². The molecule has 1 aliphatic heterocycles. The highest BCUT2D eigenvalue weighted by Crippen LogP contribution is 2.30. The highest BCUT2D eigenvalue weighted by atomic mass is 32.2. The number of hydrogen-bond donors (Lipinski definition) is 1. The second-order valence-electron chi connectivity index (χ2n) is 5.33. The van der Waals surface area contributed by atoms with E-state index in [1.54, 1.807) is 43.6 Å². The molecule has 0 saturated carbocycles. The zero-order valence-corrected chi connectivity index (χ0v) is 13.0. The summed E-state index contributed by atoms with van der Waals surface area (Å²) < 4.78 is 32.6. The third kappa shape index (κ3) is 2.50. The molecule has 1 aliphatic rings. The molecule has 118 valence electrons. The Morgan fingerprint density at radius 2 is 2.18 bits per heavy atom. The molecule has 2 atom stereocenters. The molecule has 1 aromatic carbocycles. The Morgan fingerprint density at radius 1 is 1.36 bits per heavy atom. The van der Waals surface area contributed by atoms with Crippen molar-refractivity contribution in [2.24, 2.45) is 0 Å².